The third-order valence-electron chi connectivity index (χ3n) is 1.84. The van der Waals surface area contributed by atoms with Gasteiger partial charge in [0.1, 0.15) is 6.61 Å². The number of aromatic carboxylic acids is 1. The van der Waals surface area contributed by atoms with Crippen LogP contribution >= 0.6 is 0 Å². The van der Waals surface area contributed by atoms with Gasteiger partial charge < -0.3 is 15.2 Å². The molecule has 0 radical (unpaired) electrons. The SMILES string of the molecule is O=C(O)c1cccc(OCCNC(=O)C(F)(F)F)n1. The van der Waals surface area contributed by atoms with Gasteiger partial charge in [-0.05, 0) is 6.07 Å². The highest BCUT2D eigenvalue weighted by Crippen LogP contribution is 2.13. The topological polar surface area (TPSA) is 88.5 Å². The number of hydrogen-bond donors (Lipinski definition) is 2. The standard InChI is InChI=1S/C10H9F3N2O4/c11-10(12,13)9(18)14-4-5-19-7-3-1-2-6(15-7)8(16)17/h1-3H,4-5H2,(H,14,18)(H,16,17). The van der Waals surface area contributed by atoms with Gasteiger partial charge in [-0.3, -0.25) is 4.79 Å². The summed E-state index contributed by atoms with van der Waals surface area (Å²) in [6.07, 6.45) is -4.94. The summed E-state index contributed by atoms with van der Waals surface area (Å²) in [6, 6.07) is 3.96. The molecule has 0 aliphatic heterocycles. The maximum Gasteiger partial charge on any atom is 0.471 e. The molecular formula is C10H9F3N2O4. The zero-order valence-electron chi connectivity index (χ0n) is 9.40. The number of nitrogens with zero attached hydrogens (tertiary/aromatic N) is 1. The first-order valence-corrected chi connectivity index (χ1v) is 4.99. The van der Waals surface area contributed by atoms with Crippen LogP contribution in [0.25, 0.3) is 0 Å². The number of hydrogen-bond acceptors (Lipinski definition) is 4. The van der Waals surface area contributed by atoms with Crippen molar-refractivity contribution in [2.24, 2.45) is 0 Å². The lowest BCUT2D eigenvalue weighted by molar-refractivity contribution is -0.173. The van der Waals surface area contributed by atoms with Crippen LogP contribution < -0.4 is 10.1 Å². The van der Waals surface area contributed by atoms with E-state index in [1.54, 1.807) is 5.32 Å². The maximum atomic E-state index is 11.8. The summed E-state index contributed by atoms with van der Waals surface area (Å²) in [6.45, 7) is -0.644. The van der Waals surface area contributed by atoms with Crippen LogP contribution in [0.4, 0.5) is 13.2 Å². The molecule has 0 atom stereocenters. The van der Waals surface area contributed by atoms with E-state index in [9.17, 15) is 22.8 Å². The molecule has 0 bridgehead atoms. The number of carboxylic acid groups (broad SMARTS) is 1. The largest absolute Gasteiger partial charge is 0.477 e. The van der Waals surface area contributed by atoms with Gasteiger partial charge in [-0.1, -0.05) is 6.07 Å². The number of ether oxygens (including phenoxy) is 1. The van der Waals surface area contributed by atoms with Crippen molar-refractivity contribution in [1.29, 1.82) is 0 Å². The summed E-state index contributed by atoms with van der Waals surface area (Å²) in [4.78, 5) is 24.6. The first kappa shape index (κ1) is 14.7. The Morgan fingerprint density at radius 2 is 2.05 bits per heavy atom. The zero-order valence-corrected chi connectivity index (χ0v) is 9.40. The Morgan fingerprint density at radius 1 is 1.37 bits per heavy atom. The number of halogens is 3. The Balaban J connectivity index is 2.40. The Morgan fingerprint density at radius 3 is 2.63 bits per heavy atom. The van der Waals surface area contributed by atoms with Crippen LogP contribution in [0.2, 0.25) is 0 Å². The van der Waals surface area contributed by atoms with Crippen molar-refractivity contribution >= 4 is 11.9 Å². The van der Waals surface area contributed by atoms with E-state index in [4.69, 9.17) is 9.84 Å². The van der Waals surface area contributed by atoms with Crippen LogP contribution in [0.1, 0.15) is 10.5 Å². The second kappa shape index (κ2) is 6.03. The van der Waals surface area contributed by atoms with E-state index in [0.29, 0.717) is 0 Å². The molecule has 0 saturated carbocycles. The summed E-state index contributed by atoms with van der Waals surface area (Å²) in [7, 11) is 0. The van der Waals surface area contributed by atoms with Crippen molar-refractivity contribution < 1.29 is 32.6 Å². The van der Waals surface area contributed by atoms with Crippen LogP contribution in [-0.4, -0.2) is 41.3 Å². The minimum absolute atomic E-state index is 0.0545. The van der Waals surface area contributed by atoms with Crippen molar-refractivity contribution in [2.75, 3.05) is 13.2 Å². The van der Waals surface area contributed by atoms with Gasteiger partial charge in [0.2, 0.25) is 5.88 Å². The molecule has 6 nitrogen and oxygen atoms in total. The highest BCUT2D eigenvalue weighted by molar-refractivity contribution is 5.85. The normalized spacial score (nSPS) is 10.9. The first-order chi connectivity index (χ1) is 8.80. The first-order valence-electron chi connectivity index (χ1n) is 4.99. The van der Waals surface area contributed by atoms with Gasteiger partial charge in [-0.25, -0.2) is 9.78 Å². The van der Waals surface area contributed by atoms with Gasteiger partial charge in [0.05, 0.1) is 6.54 Å². The van der Waals surface area contributed by atoms with Gasteiger partial charge in [-0.15, -0.1) is 0 Å². The second-order valence-corrected chi connectivity index (χ2v) is 3.27. The summed E-state index contributed by atoms with van der Waals surface area (Å²) in [5.74, 6) is -3.37. The van der Waals surface area contributed by atoms with Gasteiger partial charge >= 0.3 is 18.1 Å². The third-order valence-corrected chi connectivity index (χ3v) is 1.84. The summed E-state index contributed by atoms with van der Waals surface area (Å²) in [5, 5.41) is 10.2. The smallest absolute Gasteiger partial charge is 0.471 e. The lowest BCUT2D eigenvalue weighted by Crippen LogP contribution is -2.38. The molecule has 1 heterocycles. The zero-order chi connectivity index (χ0) is 14.5. The number of carbonyl (C=O) groups is 2. The van der Waals surface area contributed by atoms with E-state index < -0.39 is 18.1 Å². The van der Waals surface area contributed by atoms with E-state index >= 15 is 0 Å². The molecule has 0 unspecified atom stereocenters. The molecule has 1 aromatic rings. The molecule has 1 rings (SSSR count). The number of carboxylic acids is 1. The lowest BCUT2D eigenvalue weighted by atomic mass is 10.3. The van der Waals surface area contributed by atoms with Crippen LogP contribution in [0, 0.1) is 0 Å². The van der Waals surface area contributed by atoms with Crippen molar-refractivity contribution in [3.63, 3.8) is 0 Å². The summed E-state index contributed by atoms with van der Waals surface area (Å²) >= 11 is 0. The second-order valence-electron chi connectivity index (χ2n) is 3.27. The fourth-order valence-corrected chi connectivity index (χ4v) is 1.03. The average molecular weight is 278 g/mol. The van der Waals surface area contributed by atoms with Crippen LogP contribution in [0.3, 0.4) is 0 Å². The quantitative estimate of drug-likeness (QED) is 0.779. The fourth-order valence-electron chi connectivity index (χ4n) is 1.03. The molecule has 0 aliphatic carbocycles. The van der Waals surface area contributed by atoms with Crippen LogP contribution in [0.5, 0.6) is 5.88 Å². The molecular weight excluding hydrogens is 269 g/mol. The Kier molecular flexibility index (Phi) is 4.67. The van der Waals surface area contributed by atoms with Crippen molar-refractivity contribution in [3.8, 4) is 5.88 Å². The molecule has 19 heavy (non-hydrogen) atoms. The summed E-state index contributed by atoms with van der Waals surface area (Å²) < 4.78 is 40.3. The molecule has 0 saturated heterocycles. The highest BCUT2D eigenvalue weighted by Gasteiger charge is 2.38. The monoisotopic (exact) mass is 278 g/mol. The summed E-state index contributed by atoms with van der Waals surface area (Å²) in [5.41, 5.74) is -0.253. The maximum absolute atomic E-state index is 11.8. The highest BCUT2D eigenvalue weighted by atomic mass is 19.4. The molecule has 0 fully saturated rings. The predicted molar refractivity (Wildman–Crippen MR) is 55.8 cm³/mol. The van der Waals surface area contributed by atoms with Crippen molar-refractivity contribution in [1.82, 2.24) is 10.3 Å². The predicted octanol–water partition coefficient (Wildman–Crippen LogP) is 0.837. The Labute approximate surface area is 105 Å². The van der Waals surface area contributed by atoms with Crippen LogP contribution in [0.15, 0.2) is 18.2 Å². The van der Waals surface area contributed by atoms with Crippen molar-refractivity contribution in [3.05, 3.63) is 23.9 Å². The van der Waals surface area contributed by atoms with Gasteiger partial charge in [0.25, 0.3) is 0 Å². The van der Waals surface area contributed by atoms with E-state index in [0.717, 1.165) is 0 Å². The fraction of sp³-hybridized carbons (Fsp3) is 0.300. The number of amides is 1. The molecule has 0 aromatic carbocycles. The number of nitrogens with one attached hydrogen (secondary N) is 1. The van der Waals surface area contributed by atoms with E-state index in [1.807, 2.05) is 0 Å². The molecule has 0 aliphatic rings. The van der Waals surface area contributed by atoms with E-state index in [2.05, 4.69) is 4.98 Å². The Bertz CT molecular complexity index is 476. The molecule has 1 amide bonds. The number of aromatic nitrogens is 1. The molecule has 0 spiro atoms. The number of pyridine rings is 1. The number of carbonyl (C=O) groups excluding carboxylic acids is 1. The van der Waals surface area contributed by atoms with Crippen molar-refractivity contribution in [2.45, 2.75) is 6.18 Å². The molecule has 9 heteroatoms. The minimum Gasteiger partial charge on any atom is -0.477 e. The van der Waals surface area contributed by atoms with Crippen LogP contribution in [-0.2, 0) is 4.79 Å². The molecule has 104 valence electrons. The number of rotatable bonds is 5. The van der Waals surface area contributed by atoms with E-state index in [-0.39, 0.29) is 24.7 Å². The average Bonchev–Trinajstić information content (AvgIpc) is 2.33. The third kappa shape index (κ3) is 4.82. The number of alkyl halides is 3. The lowest BCUT2D eigenvalue weighted by Gasteiger charge is -2.08. The Hall–Kier alpha value is -2.32. The molecule has 1 aromatic heterocycles. The minimum atomic E-state index is -4.94. The van der Waals surface area contributed by atoms with Gasteiger partial charge in [0.15, 0.2) is 5.69 Å². The van der Waals surface area contributed by atoms with Gasteiger partial charge in [0, 0.05) is 6.07 Å². The van der Waals surface area contributed by atoms with E-state index in [1.165, 1.54) is 18.2 Å². The van der Waals surface area contributed by atoms with Gasteiger partial charge in [-0.2, -0.15) is 13.2 Å². The molecule has 2 N–H and O–H groups in total.